The number of nitrogens with two attached hydrogens (primary N) is 1. The number of aromatic nitrogens is 2. The summed E-state index contributed by atoms with van der Waals surface area (Å²) in [5, 5.41) is -0.00368. The largest absolute Gasteiger partial charge is 0.398 e. The SMILES string of the molecule is [2H]C(=C)c1nc2cccc(N)c2c(=O)n1C1([2H])C(=O)CC(=O)CC1[2H]. The number of nitrogens with zero attached hydrogens (tertiary/aromatic N) is 2. The van der Waals surface area contributed by atoms with Crippen molar-refractivity contribution in [3.05, 3.63) is 41.0 Å². The number of Topliss-reactive ketones (excluding diaryl/α,β-unsaturated/α-hetero) is 2. The fourth-order valence-electron chi connectivity index (χ4n) is 2.48. The Balaban J connectivity index is 2.44. The van der Waals surface area contributed by atoms with Gasteiger partial charge in [0.1, 0.15) is 11.6 Å². The molecule has 2 N–H and O–H groups in total. The smallest absolute Gasteiger partial charge is 0.264 e. The Morgan fingerprint density at radius 3 is 2.95 bits per heavy atom. The van der Waals surface area contributed by atoms with E-state index in [0.29, 0.717) is 4.57 Å². The number of hydrogen-bond acceptors (Lipinski definition) is 5. The van der Waals surface area contributed by atoms with Gasteiger partial charge in [-0.1, -0.05) is 12.6 Å². The number of anilines is 1. The van der Waals surface area contributed by atoms with Gasteiger partial charge in [0.25, 0.3) is 5.56 Å². The molecule has 2 unspecified atom stereocenters. The summed E-state index contributed by atoms with van der Waals surface area (Å²) >= 11 is 0. The number of benzene rings is 1. The first-order valence-electron chi connectivity index (χ1n) is 8.20. The molecule has 1 heterocycles. The zero-order valence-corrected chi connectivity index (χ0v) is 11.6. The Kier molecular flexibility index (Phi) is 2.58. The summed E-state index contributed by atoms with van der Waals surface area (Å²) in [5.41, 5.74) is 5.35. The van der Waals surface area contributed by atoms with E-state index < -0.39 is 36.0 Å². The molecule has 1 aliphatic carbocycles. The van der Waals surface area contributed by atoms with Gasteiger partial charge < -0.3 is 5.73 Å². The van der Waals surface area contributed by atoms with Crippen molar-refractivity contribution in [1.29, 1.82) is 0 Å². The molecule has 0 aliphatic heterocycles. The van der Waals surface area contributed by atoms with Crippen molar-refractivity contribution < 1.29 is 13.7 Å². The highest BCUT2D eigenvalue weighted by Crippen LogP contribution is 2.25. The lowest BCUT2D eigenvalue weighted by Gasteiger charge is -2.24. The summed E-state index contributed by atoms with van der Waals surface area (Å²) in [6.45, 7) is 3.44. The van der Waals surface area contributed by atoms with Gasteiger partial charge in [-0.25, -0.2) is 4.98 Å². The molecule has 0 saturated heterocycles. The Hall–Kier alpha value is -2.76. The van der Waals surface area contributed by atoms with Crippen LogP contribution in [0.3, 0.4) is 0 Å². The molecular formula is C16H15N3O3. The lowest BCUT2D eigenvalue weighted by atomic mass is 9.92. The maximum atomic E-state index is 13.0. The van der Waals surface area contributed by atoms with Crippen molar-refractivity contribution in [3.8, 4) is 0 Å². The van der Waals surface area contributed by atoms with Crippen LogP contribution in [0.15, 0.2) is 29.6 Å². The van der Waals surface area contributed by atoms with E-state index in [1.807, 2.05) is 0 Å². The first kappa shape index (κ1) is 10.9. The zero-order valence-electron chi connectivity index (χ0n) is 14.6. The van der Waals surface area contributed by atoms with E-state index in [9.17, 15) is 14.4 Å². The summed E-state index contributed by atoms with van der Waals surface area (Å²) in [6, 6.07) is 1.83. The molecule has 1 aliphatic rings. The van der Waals surface area contributed by atoms with E-state index in [-0.39, 0.29) is 34.9 Å². The molecule has 1 saturated carbocycles. The minimum atomic E-state index is -2.37. The van der Waals surface area contributed by atoms with Crippen LogP contribution in [0.5, 0.6) is 0 Å². The molecule has 1 aromatic heterocycles. The van der Waals surface area contributed by atoms with Gasteiger partial charge in [0.05, 0.1) is 26.1 Å². The van der Waals surface area contributed by atoms with Gasteiger partial charge in [-0.05, 0) is 24.6 Å². The van der Waals surface area contributed by atoms with Crippen LogP contribution in [0.2, 0.25) is 0 Å². The van der Waals surface area contributed by atoms with Crippen LogP contribution in [0.1, 0.15) is 35.2 Å². The van der Waals surface area contributed by atoms with Crippen molar-refractivity contribution in [1.82, 2.24) is 9.55 Å². The third-order valence-electron chi connectivity index (χ3n) is 3.50. The third-order valence-corrected chi connectivity index (χ3v) is 3.50. The minimum Gasteiger partial charge on any atom is -0.398 e. The number of rotatable bonds is 2. The Morgan fingerprint density at radius 1 is 1.50 bits per heavy atom. The molecule has 0 bridgehead atoms. The van der Waals surface area contributed by atoms with Crippen LogP contribution in [0, 0.1) is 0 Å². The zero-order chi connectivity index (χ0) is 18.5. The minimum absolute atomic E-state index is 0.00368. The second-order valence-electron chi connectivity index (χ2n) is 4.93. The van der Waals surface area contributed by atoms with Gasteiger partial charge in [0, 0.05) is 13.5 Å². The van der Waals surface area contributed by atoms with Crippen LogP contribution in [0.4, 0.5) is 5.69 Å². The predicted octanol–water partition coefficient (Wildman–Crippen LogP) is 1.48. The molecule has 0 radical (unpaired) electrons. The summed E-state index contributed by atoms with van der Waals surface area (Å²) in [4.78, 5) is 41.2. The van der Waals surface area contributed by atoms with Crippen LogP contribution in [-0.2, 0) is 9.59 Å². The average Bonchev–Trinajstić information content (AvgIpc) is 2.52. The van der Waals surface area contributed by atoms with E-state index in [1.54, 1.807) is 6.07 Å². The van der Waals surface area contributed by atoms with E-state index in [1.165, 1.54) is 12.1 Å². The highest BCUT2D eigenvalue weighted by atomic mass is 16.2. The molecule has 2 aromatic rings. The van der Waals surface area contributed by atoms with E-state index in [4.69, 9.17) is 9.85 Å². The first-order chi connectivity index (χ1) is 11.7. The molecule has 6 nitrogen and oxygen atoms in total. The summed E-state index contributed by atoms with van der Waals surface area (Å²) in [5.74, 6) is -1.64. The number of carbonyl (C=O) groups is 2. The Bertz CT molecular complexity index is 1000. The molecule has 2 atom stereocenters. The molecule has 112 valence electrons. The van der Waals surface area contributed by atoms with Gasteiger partial charge in [-0.3, -0.25) is 19.0 Å². The van der Waals surface area contributed by atoms with Crippen LogP contribution in [0.25, 0.3) is 17.0 Å². The first-order valence-corrected chi connectivity index (χ1v) is 6.62. The van der Waals surface area contributed by atoms with Crippen molar-refractivity contribution in [2.24, 2.45) is 0 Å². The summed E-state index contributed by atoms with van der Waals surface area (Å²) in [6.07, 6.45) is -2.38. The molecule has 0 amide bonds. The number of ketones is 2. The highest BCUT2D eigenvalue weighted by molar-refractivity contribution is 6.03. The van der Waals surface area contributed by atoms with Crippen LogP contribution < -0.4 is 11.3 Å². The molecule has 1 fully saturated rings. The fourth-order valence-corrected chi connectivity index (χ4v) is 2.48. The predicted molar refractivity (Wildman–Crippen MR) is 83.4 cm³/mol. The molecule has 22 heavy (non-hydrogen) atoms. The van der Waals surface area contributed by atoms with Gasteiger partial charge in [0.2, 0.25) is 0 Å². The van der Waals surface area contributed by atoms with Gasteiger partial charge in [-0.2, -0.15) is 0 Å². The Labute approximate surface area is 130 Å². The van der Waals surface area contributed by atoms with Crippen molar-refractivity contribution in [2.75, 3.05) is 5.73 Å². The van der Waals surface area contributed by atoms with Gasteiger partial charge >= 0.3 is 0 Å². The highest BCUT2D eigenvalue weighted by Gasteiger charge is 2.31. The Morgan fingerprint density at radius 2 is 2.27 bits per heavy atom. The number of fused-ring (bicyclic) bond motifs is 1. The quantitative estimate of drug-likeness (QED) is 0.669. The summed E-state index contributed by atoms with van der Waals surface area (Å²) in [7, 11) is 0. The molecule has 3 rings (SSSR count). The standard InChI is InChI=1S/C16H15N3O3/c1-2-14-18-11-5-3-4-10(17)15(11)16(22)19(14)12-7-6-9(20)8-13(12)21/h2-5,12H,1,6-8,17H2/i2D,7D,12D. The monoisotopic (exact) mass is 300 g/mol. The van der Waals surface area contributed by atoms with E-state index >= 15 is 0 Å². The fraction of sp³-hybridized carbons (Fsp3) is 0.250. The van der Waals surface area contributed by atoms with Crippen molar-refractivity contribution in [3.63, 3.8) is 0 Å². The van der Waals surface area contributed by atoms with Crippen LogP contribution >= 0.6 is 0 Å². The van der Waals surface area contributed by atoms with Crippen molar-refractivity contribution >= 4 is 34.2 Å². The summed E-state index contributed by atoms with van der Waals surface area (Å²) < 4.78 is 25.1. The second-order valence-corrected chi connectivity index (χ2v) is 4.93. The van der Waals surface area contributed by atoms with Gasteiger partial charge in [-0.15, -0.1) is 0 Å². The van der Waals surface area contributed by atoms with Crippen molar-refractivity contribution in [2.45, 2.75) is 25.3 Å². The van der Waals surface area contributed by atoms with E-state index in [0.717, 1.165) is 0 Å². The van der Waals surface area contributed by atoms with E-state index in [2.05, 4.69) is 11.6 Å². The maximum Gasteiger partial charge on any atom is 0.264 e. The molecular weight excluding hydrogens is 282 g/mol. The average molecular weight is 300 g/mol. The number of hydrogen-bond donors (Lipinski definition) is 1. The molecule has 0 spiro atoms. The topological polar surface area (TPSA) is 95.0 Å². The second kappa shape index (κ2) is 5.22. The van der Waals surface area contributed by atoms with Crippen LogP contribution in [-0.4, -0.2) is 21.1 Å². The van der Waals surface area contributed by atoms with Gasteiger partial charge in [0.15, 0.2) is 5.78 Å². The third kappa shape index (κ3) is 2.13. The number of carbonyl (C=O) groups excluding carboxylic acids is 2. The maximum absolute atomic E-state index is 13.0. The number of nitrogen functional groups attached to an aromatic ring is 1. The lowest BCUT2D eigenvalue weighted by molar-refractivity contribution is -0.132. The molecule has 6 heteroatoms. The lowest BCUT2D eigenvalue weighted by Crippen LogP contribution is -2.36. The normalized spacial score (nSPS) is 27.3. The molecule has 1 aromatic carbocycles.